The number of nitrogens with zero attached hydrogens (tertiary/aromatic N) is 2. The van der Waals surface area contributed by atoms with E-state index in [1.165, 1.54) is 6.92 Å². The minimum Gasteiger partial charge on any atom is -0.383 e. The predicted molar refractivity (Wildman–Crippen MR) is 69.0 cm³/mol. The van der Waals surface area contributed by atoms with Crippen LogP contribution in [0.25, 0.3) is 0 Å². The van der Waals surface area contributed by atoms with Crippen molar-refractivity contribution in [3.63, 3.8) is 0 Å². The van der Waals surface area contributed by atoms with E-state index in [2.05, 4.69) is 10.1 Å². The summed E-state index contributed by atoms with van der Waals surface area (Å²) in [6, 6.07) is 6.89. The zero-order valence-electron chi connectivity index (χ0n) is 10.9. The molecule has 0 saturated heterocycles. The van der Waals surface area contributed by atoms with Gasteiger partial charge in [-0.15, -0.1) is 0 Å². The first-order valence-electron chi connectivity index (χ1n) is 6.09. The molecule has 0 aliphatic carbocycles. The van der Waals surface area contributed by atoms with Gasteiger partial charge in [-0.1, -0.05) is 35.8 Å². The molecule has 0 aliphatic rings. The molecule has 1 heterocycles. The second-order valence-electron chi connectivity index (χ2n) is 4.63. The average Bonchev–Trinajstić information content (AvgIpc) is 2.87. The Kier molecular flexibility index (Phi) is 4.53. The van der Waals surface area contributed by atoms with Crippen molar-refractivity contribution in [2.24, 2.45) is 0 Å². The van der Waals surface area contributed by atoms with Crippen LogP contribution in [0, 0.1) is 0 Å². The van der Waals surface area contributed by atoms with Gasteiger partial charge < -0.3 is 9.63 Å². The number of halogens is 4. The highest BCUT2D eigenvalue weighted by molar-refractivity contribution is 6.30. The Labute approximate surface area is 123 Å². The van der Waals surface area contributed by atoms with Crippen molar-refractivity contribution in [2.45, 2.75) is 31.5 Å². The van der Waals surface area contributed by atoms with Crippen LogP contribution < -0.4 is 0 Å². The summed E-state index contributed by atoms with van der Waals surface area (Å²) in [5.41, 5.74) is 0.843. The molecule has 0 saturated carbocycles. The van der Waals surface area contributed by atoms with Crippen LogP contribution in [0.5, 0.6) is 0 Å². The van der Waals surface area contributed by atoms with Gasteiger partial charge in [0, 0.05) is 11.4 Å². The number of rotatable bonds is 4. The van der Waals surface area contributed by atoms with Gasteiger partial charge in [0.1, 0.15) is 0 Å². The van der Waals surface area contributed by atoms with Crippen molar-refractivity contribution in [3.8, 4) is 0 Å². The fourth-order valence-corrected chi connectivity index (χ4v) is 1.85. The van der Waals surface area contributed by atoms with E-state index < -0.39 is 18.2 Å². The first-order chi connectivity index (χ1) is 9.77. The smallest absolute Gasteiger partial charge is 0.383 e. The molecule has 0 radical (unpaired) electrons. The molecule has 0 bridgehead atoms. The summed E-state index contributed by atoms with van der Waals surface area (Å²) in [6.45, 7) is 1.18. The predicted octanol–water partition coefficient (Wildman–Crippen LogP) is 3.34. The SMILES string of the molecule is CC(c1nc(Cc2ccc(Cl)cc2)no1)C(O)C(F)(F)F. The van der Waals surface area contributed by atoms with Crippen LogP contribution >= 0.6 is 11.6 Å². The zero-order valence-corrected chi connectivity index (χ0v) is 11.7. The molecule has 1 N–H and O–H groups in total. The normalized spacial score (nSPS) is 15.0. The van der Waals surface area contributed by atoms with Gasteiger partial charge in [0.05, 0.1) is 5.92 Å². The van der Waals surface area contributed by atoms with Gasteiger partial charge in [-0.2, -0.15) is 18.2 Å². The summed E-state index contributed by atoms with van der Waals surface area (Å²) >= 11 is 5.75. The molecule has 1 aromatic heterocycles. The van der Waals surface area contributed by atoms with E-state index in [1.807, 2.05) is 0 Å². The van der Waals surface area contributed by atoms with Crippen molar-refractivity contribution in [3.05, 3.63) is 46.6 Å². The van der Waals surface area contributed by atoms with Crippen LogP contribution in [0.15, 0.2) is 28.8 Å². The fraction of sp³-hybridized carbons (Fsp3) is 0.385. The Morgan fingerprint density at radius 1 is 1.29 bits per heavy atom. The largest absolute Gasteiger partial charge is 0.415 e. The molecule has 2 aromatic rings. The lowest BCUT2D eigenvalue weighted by Gasteiger charge is -2.17. The molecule has 2 atom stereocenters. The van der Waals surface area contributed by atoms with Crippen molar-refractivity contribution < 1.29 is 22.8 Å². The highest BCUT2D eigenvalue weighted by atomic mass is 35.5. The third-order valence-corrected chi connectivity index (χ3v) is 3.21. The Hall–Kier alpha value is -1.60. The Morgan fingerprint density at radius 3 is 2.48 bits per heavy atom. The lowest BCUT2D eigenvalue weighted by molar-refractivity contribution is -0.210. The maximum atomic E-state index is 12.4. The summed E-state index contributed by atoms with van der Waals surface area (Å²) < 4.78 is 42.1. The molecule has 0 spiro atoms. The molecule has 0 fully saturated rings. The Bertz CT molecular complexity index is 598. The van der Waals surface area contributed by atoms with Gasteiger partial charge in [-0.05, 0) is 17.7 Å². The third kappa shape index (κ3) is 3.95. The molecule has 1 aromatic carbocycles. The Balaban J connectivity index is 2.09. The molecule has 114 valence electrons. The van der Waals surface area contributed by atoms with Gasteiger partial charge in [0.15, 0.2) is 11.9 Å². The average molecular weight is 321 g/mol. The highest BCUT2D eigenvalue weighted by Gasteiger charge is 2.44. The van der Waals surface area contributed by atoms with Gasteiger partial charge in [0.25, 0.3) is 0 Å². The summed E-state index contributed by atoms with van der Waals surface area (Å²) in [5.74, 6) is -1.33. The highest BCUT2D eigenvalue weighted by Crippen LogP contribution is 2.30. The zero-order chi connectivity index (χ0) is 15.6. The molecule has 8 heteroatoms. The van der Waals surface area contributed by atoms with Gasteiger partial charge >= 0.3 is 6.18 Å². The number of hydrogen-bond acceptors (Lipinski definition) is 4. The quantitative estimate of drug-likeness (QED) is 0.938. The van der Waals surface area contributed by atoms with E-state index in [-0.39, 0.29) is 11.7 Å². The number of benzene rings is 1. The maximum Gasteiger partial charge on any atom is 0.415 e. The first kappa shape index (κ1) is 15.8. The Morgan fingerprint density at radius 2 is 1.90 bits per heavy atom. The minimum absolute atomic E-state index is 0.244. The molecule has 21 heavy (non-hydrogen) atoms. The van der Waals surface area contributed by atoms with E-state index in [1.54, 1.807) is 24.3 Å². The minimum atomic E-state index is -4.73. The summed E-state index contributed by atoms with van der Waals surface area (Å²) in [5, 5.41) is 13.4. The van der Waals surface area contributed by atoms with Gasteiger partial charge in [-0.25, -0.2) is 0 Å². The lowest BCUT2D eigenvalue weighted by Crippen LogP contribution is -2.33. The van der Waals surface area contributed by atoms with Crippen LogP contribution in [0.2, 0.25) is 5.02 Å². The van der Waals surface area contributed by atoms with E-state index in [4.69, 9.17) is 21.2 Å². The molecular weight excluding hydrogens is 309 g/mol. The number of aliphatic hydroxyl groups is 1. The molecule has 0 aliphatic heterocycles. The summed E-state index contributed by atoms with van der Waals surface area (Å²) in [7, 11) is 0. The van der Waals surface area contributed by atoms with Crippen LogP contribution in [-0.4, -0.2) is 27.5 Å². The summed E-state index contributed by atoms with van der Waals surface area (Å²) in [6.07, 6.45) is -6.97. The lowest BCUT2D eigenvalue weighted by atomic mass is 10.0. The topological polar surface area (TPSA) is 59.2 Å². The molecule has 0 amide bonds. The monoisotopic (exact) mass is 320 g/mol. The van der Waals surface area contributed by atoms with Gasteiger partial charge in [0.2, 0.25) is 5.89 Å². The number of aliphatic hydroxyl groups excluding tert-OH is 1. The third-order valence-electron chi connectivity index (χ3n) is 2.96. The van der Waals surface area contributed by atoms with Crippen molar-refractivity contribution >= 4 is 11.6 Å². The van der Waals surface area contributed by atoms with Crippen LogP contribution in [-0.2, 0) is 6.42 Å². The van der Waals surface area contributed by atoms with E-state index in [0.29, 0.717) is 11.4 Å². The van der Waals surface area contributed by atoms with Crippen LogP contribution in [0.4, 0.5) is 13.2 Å². The standard InChI is InChI=1S/C13H12ClF3N2O2/c1-7(11(20)13(15,16)17)12-18-10(19-21-12)6-8-2-4-9(14)5-3-8/h2-5,7,11,20H,6H2,1H3. The molecule has 2 rings (SSSR count). The fourth-order valence-electron chi connectivity index (χ4n) is 1.73. The molecule has 4 nitrogen and oxygen atoms in total. The molecule has 2 unspecified atom stereocenters. The molecular formula is C13H12ClF3N2O2. The van der Waals surface area contributed by atoms with E-state index >= 15 is 0 Å². The van der Waals surface area contributed by atoms with Crippen molar-refractivity contribution in [2.75, 3.05) is 0 Å². The van der Waals surface area contributed by atoms with E-state index in [0.717, 1.165) is 5.56 Å². The first-order valence-corrected chi connectivity index (χ1v) is 6.47. The number of aromatic nitrogens is 2. The second kappa shape index (κ2) is 6.03. The number of hydrogen-bond donors (Lipinski definition) is 1. The maximum absolute atomic E-state index is 12.4. The summed E-state index contributed by atoms with van der Waals surface area (Å²) in [4.78, 5) is 3.89. The number of alkyl halides is 3. The van der Waals surface area contributed by atoms with Crippen LogP contribution in [0.3, 0.4) is 0 Å². The van der Waals surface area contributed by atoms with Crippen molar-refractivity contribution in [1.82, 2.24) is 10.1 Å². The van der Waals surface area contributed by atoms with Crippen LogP contribution in [0.1, 0.15) is 30.1 Å². The van der Waals surface area contributed by atoms with Crippen molar-refractivity contribution in [1.29, 1.82) is 0 Å². The van der Waals surface area contributed by atoms with Gasteiger partial charge in [-0.3, -0.25) is 0 Å². The second-order valence-corrected chi connectivity index (χ2v) is 5.06. The van der Waals surface area contributed by atoms with E-state index in [9.17, 15) is 13.2 Å².